The Hall–Kier alpha value is -1.60. The summed E-state index contributed by atoms with van der Waals surface area (Å²) in [6, 6.07) is 7.40. The highest BCUT2D eigenvalue weighted by molar-refractivity contribution is 7.70. The van der Waals surface area contributed by atoms with E-state index in [0.29, 0.717) is 16.1 Å². The van der Waals surface area contributed by atoms with Crippen molar-refractivity contribution >= 4 is 55.1 Å². The van der Waals surface area contributed by atoms with E-state index >= 15 is 0 Å². The minimum atomic E-state index is -4.83. The number of fused-ring (bicyclic) bond motifs is 2. The zero-order valence-corrected chi connectivity index (χ0v) is 22.8. The van der Waals surface area contributed by atoms with Gasteiger partial charge < -0.3 is 39.5 Å². The zero-order chi connectivity index (χ0) is 27.4. The molecule has 17 heteroatoms. The van der Waals surface area contributed by atoms with Crippen molar-refractivity contribution in [3.63, 3.8) is 0 Å². The zero-order valence-electron chi connectivity index (χ0n) is 19.5. The lowest BCUT2D eigenvalue weighted by Gasteiger charge is -2.18. The van der Waals surface area contributed by atoms with Crippen LogP contribution in [-0.4, -0.2) is 70.5 Å². The number of halogens is 2. The van der Waals surface area contributed by atoms with Crippen LogP contribution < -0.4 is 5.32 Å². The Morgan fingerprint density at radius 3 is 2.66 bits per heavy atom. The molecule has 206 valence electrons. The molecule has 1 aliphatic heterocycles. The van der Waals surface area contributed by atoms with Crippen molar-refractivity contribution in [3.05, 3.63) is 51.8 Å². The van der Waals surface area contributed by atoms with Gasteiger partial charge in [0.1, 0.15) is 23.5 Å². The first-order valence-corrected chi connectivity index (χ1v) is 15.7. The van der Waals surface area contributed by atoms with E-state index in [4.69, 9.17) is 42.2 Å². The number of anilines is 1. The van der Waals surface area contributed by atoms with Gasteiger partial charge in [0.05, 0.1) is 29.9 Å². The van der Waals surface area contributed by atoms with Crippen molar-refractivity contribution < 1.29 is 43.3 Å². The fraction of sp³-hybridized carbons (Fsp3) is 0.429. The van der Waals surface area contributed by atoms with Crippen LogP contribution in [0.15, 0.2) is 30.5 Å². The van der Waals surface area contributed by atoms with Crippen molar-refractivity contribution in [2.24, 2.45) is 0 Å². The molecule has 3 heterocycles. The van der Waals surface area contributed by atoms with Gasteiger partial charge in [0, 0.05) is 5.02 Å². The summed E-state index contributed by atoms with van der Waals surface area (Å²) in [5.41, 5.74) is 3.16. The van der Waals surface area contributed by atoms with Gasteiger partial charge in [0.2, 0.25) is 0 Å². The second kappa shape index (κ2) is 10.4. The van der Waals surface area contributed by atoms with E-state index in [1.165, 1.54) is 10.9 Å². The molecule has 6 N–H and O–H groups in total. The fourth-order valence-electron chi connectivity index (χ4n) is 4.75. The number of rotatable bonds is 8. The van der Waals surface area contributed by atoms with Crippen LogP contribution in [0.3, 0.4) is 0 Å². The quantitative estimate of drug-likeness (QED) is 0.162. The Kier molecular flexibility index (Phi) is 7.66. The summed E-state index contributed by atoms with van der Waals surface area (Å²) in [6.45, 7) is -0.714. The number of aliphatic hydroxyl groups excluding tert-OH is 2. The molecular formula is C21H24Cl2N4O9P2. The Balaban J connectivity index is 1.37. The van der Waals surface area contributed by atoms with Gasteiger partial charge in [-0.25, -0.2) is 9.67 Å². The second-order valence-electron chi connectivity index (χ2n) is 9.18. The maximum Gasteiger partial charge on any atom is 0.340 e. The van der Waals surface area contributed by atoms with Crippen LogP contribution in [0.2, 0.25) is 10.2 Å². The van der Waals surface area contributed by atoms with Crippen LogP contribution in [0.4, 0.5) is 5.69 Å². The van der Waals surface area contributed by atoms with Gasteiger partial charge in [-0.15, -0.1) is 0 Å². The van der Waals surface area contributed by atoms with Gasteiger partial charge >= 0.3 is 15.2 Å². The summed E-state index contributed by atoms with van der Waals surface area (Å²) < 4.78 is 34.7. The molecule has 6 atom stereocenters. The lowest BCUT2D eigenvalue weighted by Crippen LogP contribution is -2.33. The standard InChI is InChI=1S/C21H24Cl2N4O9P2/c22-11-2-3-12-10(5-11)1-4-14(12)25-15-6-17(23)26-20-13(15)7-24-27(20)21-19(29)18(28)16(36-21)8-35-38(33,34)9-37(30,31)32/h2-3,5-7,14,16,18-19,21,28-29H,1,4,8-9H2,(H,25,26)(H,33,34)(H2,30,31,32)/t14-,16-,18-,19-,21-/m1/s1. The summed E-state index contributed by atoms with van der Waals surface area (Å²) in [5.74, 6) is -1.39. The van der Waals surface area contributed by atoms with Gasteiger partial charge in [-0.05, 0) is 42.2 Å². The van der Waals surface area contributed by atoms with Crippen LogP contribution in [0.25, 0.3) is 11.0 Å². The fourth-order valence-corrected chi connectivity index (χ4v) is 7.70. The highest BCUT2D eigenvalue weighted by Crippen LogP contribution is 2.55. The normalized spacial score (nSPS) is 27.0. The summed E-state index contributed by atoms with van der Waals surface area (Å²) >= 11 is 12.4. The number of hydrogen-bond donors (Lipinski definition) is 6. The van der Waals surface area contributed by atoms with Crippen molar-refractivity contribution in [1.29, 1.82) is 0 Å². The van der Waals surface area contributed by atoms with E-state index in [0.717, 1.165) is 24.0 Å². The largest absolute Gasteiger partial charge is 0.387 e. The van der Waals surface area contributed by atoms with Crippen molar-refractivity contribution in [3.8, 4) is 0 Å². The first-order valence-electron chi connectivity index (χ1n) is 11.4. The summed E-state index contributed by atoms with van der Waals surface area (Å²) in [5, 5.41) is 30.2. The molecule has 38 heavy (non-hydrogen) atoms. The van der Waals surface area contributed by atoms with E-state index < -0.39 is 52.2 Å². The van der Waals surface area contributed by atoms with Gasteiger partial charge in [-0.1, -0.05) is 29.3 Å². The van der Waals surface area contributed by atoms with Gasteiger partial charge in [0.15, 0.2) is 17.8 Å². The van der Waals surface area contributed by atoms with Crippen LogP contribution in [0, 0.1) is 0 Å². The number of nitrogens with one attached hydrogen (secondary N) is 1. The molecule has 0 amide bonds. The monoisotopic (exact) mass is 608 g/mol. The molecule has 3 aromatic rings. The second-order valence-corrected chi connectivity index (χ2v) is 14.0. The summed E-state index contributed by atoms with van der Waals surface area (Å²) in [7, 11) is -9.52. The molecule has 1 aliphatic carbocycles. The average Bonchev–Trinajstić information content (AvgIpc) is 3.47. The average molecular weight is 609 g/mol. The van der Waals surface area contributed by atoms with E-state index in [1.54, 1.807) is 6.07 Å². The third kappa shape index (κ3) is 5.79. The van der Waals surface area contributed by atoms with Gasteiger partial charge in [-0.2, -0.15) is 5.10 Å². The first kappa shape index (κ1) is 27.9. The maximum absolute atomic E-state index is 12.0. The number of ether oxygens (including phenoxy) is 1. The molecule has 0 saturated carbocycles. The minimum Gasteiger partial charge on any atom is -0.387 e. The lowest BCUT2D eigenvalue weighted by molar-refractivity contribution is -0.0541. The predicted octanol–water partition coefficient (Wildman–Crippen LogP) is 2.79. The summed E-state index contributed by atoms with van der Waals surface area (Å²) in [4.78, 5) is 31.9. The van der Waals surface area contributed by atoms with Crippen LogP contribution in [0.1, 0.15) is 29.8 Å². The van der Waals surface area contributed by atoms with Crippen LogP contribution in [0.5, 0.6) is 0 Å². The van der Waals surface area contributed by atoms with Crippen molar-refractivity contribution in [1.82, 2.24) is 14.8 Å². The molecule has 1 unspecified atom stereocenters. The number of aliphatic hydroxyl groups is 2. The molecule has 5 rings (SSSR count). The molecule has 13 nitrogen and oxygen atoms in total. The lowest BCUT2D eigenvalue weighted by atomic mass is 10.1. The van der Waals surface area contributed by atoms with Crippen LogP contribution in [-0.2, 0) is 24.8 Å². The smallest absolute Gasteiger partial charge is 0.340 e. The molecule has 0 radical (unpaired) electrons. The number of aryl methyl sites for hydroxylation is 1. The van der Waals surface area contributed by atoms with E-state index in [-0.39, 0.29) is 16.8 Å². The molecule has 2 aliphatic rings. The van der Waals surface area contributed by atoms with E-state index in [1.807, 2.05) is 18.2 Å². The van der Waals surface area contributed by atoms with Crippen molar-refractivity contribution in [2.45, 2.75) is 43.4 Å². The number of nitrogens with zero attached hydrogens (tertiary/aromatic N) is 3. The topological polar surface area (TPSA) is 196 Å². The van der Waals surface area contributed by atoms with Crippen molar-refractivity contribution in [2.75, 3.05) is 17.8 Å². The number of aromatic nitrogens is 3. The maximum atomic E-state index is 12.0. The van der Waals surface area contributed by atoms with Crippen LogP contribution >= 0.6 is 38.4 Å². The summed E-state index contributed by atoms with van der Waals surface area (Å²) in [6.07, 6.45) is -2.46. The Morgan fingerprint density at radius 1 is 1.16 bits per heavy atom. The Morgan fingerprint density at radius 2 is 1.92 bits per heavy atom. The number of benzene rings is 1. The van der Waals surface area contributed by atoms with E-state index in [9.17, 15) is 24.2 Å². The minimum absolute atomic E-state index is 0.00808. The third-order valence-electron chi connectivity index (χ3n) is 6.43. The molecule has 0 bridgehead atoms. The highest BCUT2D eigenvalue weighted by atomic mass is 35.5. The number of pyridine rings is 1. The van der Waals surface area contributed by atoms with Gasteiger partial charge in [-0.3, -0.25) is 9.13 Å². The van der Waals surface area contributed by atoms with Gasteiger partial charge in [0.25, 0.3) is 0 Å². The third-order valence-corrected chi connectivity index (χ3v) is 10.3. The number of hydrogen-bond acceptors (Lipinski definition) is 9. The molecule has 1 fully saturated rings. The first-order chi connectivity index (χ1) is 17.8. The molecule has 1 aromatic carbocycles. The predicted molar refractivity (Wildman–Crippen MR) is 137 cm³/mol. The molecule has 0 spiro atoms. The Labute approximate surface area is 226 Å². The highest BCUT2D eigenvalue weighted by Gasteiger charge is 2.46. The Bertz CT molecular complexity index is 1470. The molecule has 1 saturated heterocycles. The van der Waals surface area contributed by atoms with E-state index in [2.05, 4.69) is 15.4 Å². The molecule has 2 aromatic heterocycles. The SMILES string of the molecule is O=P(O)(O)CP(=O)(O)OC[C@H]1O[C@@H](n2ncc3c(N[C@@H]4CCc5cc(Cl)ccc54)cc(Cl)nc32)[C@H](O)[C@@H]1O. The molecular weight excluding hydrogens is 585 g/mol.